The second-order valence-electron chi connectivity index (χ2n) is 4.94. The van der Waals surface area contributed by atoms with Gasteiger partial charge in [-0.15, -0.1) is 0 Å². The number of hydrogen-bond acceptors (Lipinski definition) is 4. The van der Waals surface area contributed by atoms with Gasteiger partial charge in [0.05, 0.1) is 12.1 Å². The van der Waals surface area contributed by atoms with Crippen LogP contribution in [0.15, 0.2) is 36.8 Å². The number of fused-ring (bicyclic) bond motifs is 1. The Morgan fingerprint density at radius 3 is 2.95 bits per heavy atom. The van der Waals surface area contributed by atoms with E-state index in [-0.39, 0.29) is 11.8 Å². The van der Waals surface area contributed by atoms with E-state index in [1.54, 1.807) is 30.5 Å². The number of nitrogens with two attached hydrogens (primary N) is 1. The lowest BCUT2D eigenvalue weighted by atomic mass is 9.94. The van der Waals surface area contributed by atoms with Crippen LogP contribution in [0.4, 0.5) is 5.69 Å². The van der Waals surface area contributed by atoms with Crippen LogP contribution in [0, 0.1) is 0 Å². The SMILES string of the molecule is CN1C(=O)Cc2cc(C(CN)c3cnccn3)ccc21. The molecule has 1 atom stereocenters. The third-order valence-corrected chi connectivity index (χ3v) is 3.76. The first-order chi connectivity index (χ1) is 9.70. The molecule has 1 aliphatic rings. The topological polar surface area (TPSA) is 72.1 Å². The Kier molecular flexibility index (Phi) is 3.20. The molecule has 0 saturated carbocycles. The summed E-state index contributed by atoms with van der Waals surface area (Å²) in [5.74, 6) is 0.135. The molecule has 2 N–H and O–H groups in total. The summed E-state index contributed by atoms with van der Waals surface area (Å²) in [6, 6.07) is 6.05. The number of likely N-dealkylation sites (N-methyl/N-ethyl adjacent to an activating group) is 1. The summed E-state index contributed by atoms with van der Waals surface area (Å²) in [5.41, 5.74) is 9.86. The Hall–Kier alpha value is -2.27. The van der Waals surface area contributed by atoms with Gasteiger partial charge in [0, 0.05) is 43.8 Å². The van der Waals surface area contributed by atoms with Crippen LogP contribution in [0.3, 0.4) is 0 Å². The molecule has 0 radical (unpaired) electrons. The van der Waals surface area contributed by atoms with Crippen LogP contribution < -0.4 is 10.6 Å². The molecule has 20 heavy (non-hydrogen) atoms. The fourth-order valence-electron chi connectivity index (χ4n) is 2.62. The first-order valence-electron chi connectivity index (χ1n) is 6.56. The van der Waals surface area contributed by atoms with E-state index in [0.717, 1.165) is 22.5 Å². The molecule has 5 nitrogen and oxygen atoms in total. The van der Waals surface area contributed by atoms with Crippen molar-refractivity contribution >= 4 is 11.6 Å². The van der Waals surface area contributed by atoms with Crippen molar-refractivity contribution in [2.24, 2.45) is 5.73 Å². The summed E-state index contributed by atoms with van der Waals surface area (Å²) in [6.07, 6.45) is 5.51. The van der Waals surface area contributed by atoms with Gasteiger partial charge in [0.15, 0.2) is 0 Å². The molecule has 0 bridgehead atoms. The fourth-order valence-corrected chi connectivity index (χ4v) is 2.62. The van der Waals surface area contributed by atoms with Gasteiger partial charge in [0.2, 0.25) is 5.91 Å². The van der Waals surface area contributed by atoms with Crippen molar-refractivity contribution in [2.75, 3.05) is 18.5 Å². The van der Waals surface area contributed by atoms with Crippen molar-refractivity contribution in [3.05, 3.63) is 53.6 Å². The van der Waals surface area contributed by atoms with E-state index in [1.165, 1.54) is 0 Å². The van der Waals surface area contributed by atoms with Crippen molar-refractivity contribution in [1.29, 1.82) is 0 Å². The van der Waals surface area contributed by atoms with Crippen LogP contribution in [-0.4, -0.2) is 29.5 Å². The van der Waals surface area contributed by atoms with Gasteiger partial charge in [-0.2, -0.15) is 0 Å². The highest BCUT2D eigenvalue weighted by Crippen LogP contribution is 2.31. The number of rotatable bonds is 3. The number of carbonyl (C=O) groups is 1. The van der Waals surface area contributed by atoms with E-state index < -0.39 is 0 Å². The Morgan fingerprint density at radius 2 is 2.25 bits per heavy atom. The van der Waals surface area contributed by atoms with Gasteiger partial charge in [-0.3, -0.25) is 14.8 Å². The van der Waals surface area contributed by atoms with Crippen molar-refractivity contribution in [3.8, 4) is 0 Å². The summed E-state index contributed by atoms with van der Waals surface area (Å²) >= 11 is 0. The second-order valence-corrected chi connectivity index (χ2v) is 4.94. The monoisotopic (exact) mass is 268 g/mol. The van der Waals surface area contributed by atoms with Gasteiger partial charge in [0.1, 0.15) is 0 Å². The molecule has 1 unspecified atom stereocenters. The zero-order valence-electron chi connectivity index (χ0n) is 11.3. The third-order valence-electron chi connectivity index (χ3n) is 3.76. The highest BCUT2D eigenvalue weighted by molar-refractivity contribution is 6.00. The smallest absolute Gasteiger partial charge is 0.231 e. The molecule has 2 aromatic rings. The summed E-state index contributed by atoms with van der Waals surface area (Å²) in [5, 5.41) is 0. The lowest BCUT2D eigenvalue weighted by Crippen LogP contribution is -2.20. The Balaban J connectivity index is 1.99. The van der Waals surface area contributed by atoms with E-state index in [1.807, 2.05) is 12.1 Å². The molecular formula is C15H16N4O. The van der Waals surface area contributed by atoms with Crippen molar-refractivity contribution < 1.29 is 4.79 Å². The zero-order valence-corrected chi connectivity index (χ0v) is 11.3. The van der Waals surface area contributed by atoms with Gasteiger partial charge >= 0.3 is 0 Å². The molecule has 1 aromatic heterocycles. The molecule has 0 saturated heterocycles. The van der Waals surface area contributed by atoms with Gasteiger partial charge < -0.3 is 10.6 Å². The maximum absolute atomic E-state index is 11.7. The number of aromatic nitrogens is 2. The number of amides is 1. The number of nitrogens with zero attached hydrogens (tertiary/aromatic N) is 3. The molecule has 0 spiro atoms. The first kappa shape index (κ1) is 12.7. The third kappa shape index (κ3) is 2.06. The average molecular weight is 268 g/mol. The summed E-state index contributed by atoms with van der Waals surface area (Å²) in [6.45, 7) is 0.460. The van der Waals surface area contributed by atoms with E-state index in [2.05, 4.69) is 16.0 Å². The zero-order chi connectivity index (χ0) is 14.1. The molecule has 1 aromatic carbocycles. The van der Waals surface area contributed by atoms with Crippen LogP contribution in [0.1, 0.15) is 22.7 Å². The molecule has 2 heterocycles. The minimum absolute atomic E-state index is 0.00927. The minimum Gasteiger partial charge on any atom is -0.329 e. The molecule has 0 fully saturated rings. The predicted octanol–water partition coefficient (Wildman–Crippen LogP) is 1.09. The molecule has 0 aliphatic carbocycles. The van der Waals surface area contributed by atoms with Crippen molar-refractivity contribution in [3.63, 3.8) is 0 Å². The summed E-state index contributed by atoms with van der Waals surface area (Å²) in [4.78, 5) is 21.8. The van der Waals surface area contributed by atoms with Crippen LogP contribution >= 0.6 is 0 Å². The Bertz CT molecular complexity index is 642. The van der Waals surface area contributed by atoms with Gasteiger partial charge in [0.25, 0.3) is 0 Å². The highest BCUT2D eigenvalue weighted by Gasteiger charge is 2.25. The standard InChI is InChI=1S/C15H16N4O/c1-19-14-3-2-10(6-11(14)7-15(19)20)12(8-16)13-9-17-4-5-18-13/h2-6,9,12H,7-8,16H2,1H3. The maximum Gasteiger partial charge on any atom is 0.231 e. The van der Waals surface area contributed by atoms with E-state index in [4.69, 9.17) is 5.73 Å². The predicted molar refractivity (Wildman–Crippen MR) is 76.5 cm³/mol. The van der Waals surface area contributed by atoms with Crippen LogP contribution in [0.5, 0.6) is 0 Å². The van der Waals surface area contributed by atoms with Crippen molar-refractivity contribution in [1.82, 2.24) is 9.97 Å². The molecular weight excluding hydrogens is 252 g/mol. The average Bonchev–Trinajstić information content (AvgIpc) is 2.76. The van der Waals surface area contributed by atoms with Gasteiger partial charge in [-0.1, -0.05) is 12.1 Å². The van der Waals surface area contributed by atoms with Crippen molar-refractivity contribution in [2.45, 2.75) is 12.3 Å². The molecule has 1 aliphatic heterocycles. The highest BCUT2D eigenvalue weighted by atomic mass is 16.2. The number of benzene rings is 1. The van der Waals surface area contributed by atoms with Crippen LogP contribution in [0.2, 0.25) is 0 Å². The Labute approximate surface area is 117 Å². The molecule has 5 heteroatoms. The van der Waals surface area contributed by atoms with E-state index in [9.17, 15) is 4.79 Å². The number of anilines is 1. The minimum atomic E-state index is 0.00927. The first-order valence-corrected chi connectivity index (χ1v) is 6.56. The number of carbonyl (C=O) groups excluding carboxylic acids is 1. The van der Waals surface area contributed by atoms with Gasteiger partial charge in [-0.05, 0) is 17.2 Å². The normalized spacial score (nSPS) is 15.3. The van der Waals surface area contributed by atoms with E-state index >= 15 is 0 Å². The molecule has 1 amide bonds. The number of hydrogen-bond donors (Lipinski definition) is 1. The van der Waals surface area contributed by atoms with Gasteiger partial charge in [-0.25, -0.2) is 0 Å². The molecule has 102 valence electrons. The fraction of sp³-hybridized carbons (Fsp3) is 0.267. The van der Waals surface area contributed by atoms with Crippen LogP contribution in [0.25, 0.3) is 0 Å². The molecule has 3 rings (SSSR count). The maximum atomic E-state index is 11.7. The summed E-state index contributed by atoms with van der Waals surface area (Å²) < 4.78 is 0. The lowest BCUT2D eigenvalue weighted by molar-refractivity contribution is -0.117. The van der Waals surface area contributed by atoms with Crippen LogP contribution in [-0.2, 0) is 11.2 Å². The largest absolute Gasteiger partial charge is 0.329 e. The van der Waals surface area contributed by atoms with E-state index in [0.29, 0.717) is 13.0 Å². The summed E-state index contributed by atoms with van der Waals surface area (Å²) in [7, 11) is 1.80. The lowest BCUT2D eigenvalue weighted by Gasteiger charge is -2.16. The second kappa shape index (κ2) is 5.02. The Morgan fingerprint density at radius 1 is 1.40 bits per heavy atom. The quantitative estimate of drug-likeness (QED) is 0.904.